The number of hydrogen-bond acceptors (Lipinski definition) is 4. The Morgan fingerprint density at radius 2 is 2.06 bits per heavy atom. The molecule has 6 nitrogen and oxygen atoms in total. The monoisotopic (exact) mass is 455 g/mol. The Labute approximate surface area is 191 Å². The first-order valence-corrected chi connectivity index (χ1v) is 11.0. The minimum Gasteiger partial charge on any atom is -0.497 e. The third kappa shape index (κ3) is 5.44. The number of rotatable bonds is 7. The van der Waals surface area contributed by atoms with Crippen molar-refractivity contribution in [1.29, 1.82) is 0 Å². The minimum atomic E-state index is -0.292. The second-order valence-electron chi connectivity index (χ2n) is 7.88. The first-order valence-electron chi connectivity index (χ1n) is 10.6. The topological polar surface area (TPSA) is 66.6 Å². The number of fused-ring (bicyclic) bond motifs is 1. The van der Waals surface area contributed by atoms with Gasteiger partial charge in [-0.3, -0.25) is 4.79 Å². The van der Waals surface area contributed by atoms with E-state index < -0.39 is 0 Å². The third-order valence-electron chi connectivity index (χ3n) is 5.57. The number of H-pyrrole nitrogens is 1. The molecule has 1 atom stereocenters. The van der Waals surface area contributed by atoms with Gasteiger partial charge in [-0.05, 0) is 67.0 Å². The van der Waals surface area contributed by atoms with Crippen molar-refractivity contribution in [3.63, 3.8) is 0 Å². The molecule has 1 aliphatic heterocycles. The van der Waals surface area contributed by atoms with E-state index in [0.29, 0.717) is 36.1 Å². The largest absolute Gasteiger partial charge is 0.497 e. The van der Waals surface area contributed by atoms with Crippen molar-refractivity contribution in [1.82, 2.24) is 15.2 Å². The number of methoxy groups -OCH3 is 1. The average molecular weight is 456 g/mol. The van der Waals surface area contributed by atoms with Crippen LogP contribution in [0, 0.1) is 5.82 Å². The predicted molar refractivity (Wildman–Crippen MR) is 126 cm³/mol. The smallest absolute Gasteiger partial charge is 0.253 e. The van der Waals surface area contributed by atoms with E-state index in [0.717, 1.165) is 35.9 Å². The predicted octanol–water partition coefficient (Wildman–Crippen LogP) is 3.73. The molecule has 1 unspecified atom stereocenters. The van der Waals surface area contributed by atoms with Gasteiger partial charge in [0.1, 0.15) is 11.6 Å². The van der Waals surface area contributed by atoms with Crippen molar-refractivity contribution >= 4 is 28.2 Å². The lowest BCUT2D eigenvalue weighted by atomic mass is 10.1. The third-order valence-corrected chi connectivity index (χ3v) is 5.97. The van der Waals surface area contributed by atoms with Crippen LogP contribution in [0.15, 0.2) is 53.3 Å². The second kappa shape index (κ2) is 10.1. The molecule has 1 fully saturated rings. The number of thiocarbonyl (C=S) groups is 1. The molecule has 2 aromatic carbocycles. The van der Waals surface area contributed by atoms with Gasteiger partial charge in [-0.15, -0.1) is 0 Å². The maximum absolute atomic E-state index is 13.4. The van der Waals surface area contributed by atoms with E-state index in [4.69, 9.17) is 21.7 Å². The molecule has 3 aromatic rings. The summed E-state index contributed by atoms with van der Waals surface area (Å²) in [6.07, 6.45) is 2.19. The van der Waals surface area contributed by atoms with E-state index in [9.17, 15) is 9.18 Å². The Kier molecular flexibility index (Phi) is 7.02. The molecule has 0 amide bonds. The first-order chi connectivity index (χ1) is 15.5. The van der Waals surface area contributed by atoms with Gasteiger partial charge >= 0.3 is 0 Å². The zero-order valence-electron chi connectivity index (χ0n) is 17.9. The van der Waals surface area contributed by atoms with Crippen LogP contribution in [0.3, 0.4) is 0 Å². The van der Waals surface area contributed by atoms with Gasteiger partial charge in [-0.1, -0.05) is 12.1 Å². The van der Waals surface area contributed by atoms with Crippen LogP contribution in [0.2, 0.25) is 0 Å². The molecule has 0 saturated carbocycles. The summed E-state index contributed by atoms with van der Waals surface area (Å²) in [5.74, 6) is 0.423. The summed E-state index contributed by atoms with van der Waals surface area (Å²) < 4.78 is 24.3. The number of pyridine rings is 1. The molecule has 2 N–H and O–H groups in total. The van der Waals surface area contributed by atoms with Crippen LogP contribution in [-0.2, 0) is 17.8 Å². The summed E-state index contributed by atoms with van der Waals surface area (Å²) in [6, 6.07) is 13.7. The summed E-state index contributed by atoms with van der Waals surface area (Å²) in [6.45, 7) is 2.13. The Hall–Kier alpha value is -2.97. The van der Waals surface area contributed by atoms with Crippen LogP contribution in [0.1, 0.15) is 24.0 Å². The van der Waals surface area contributed by atoms with Crippen LogP contribution < -0.4 is 15.6 Å². The second-order valence-corrected chi connectivity index (χ2v) is 8.27. The van der Waals surface area contributed by atoms with Gasteiger partial charge in [-0.25, -0.2) is 4.39 Å². The summed E-state index contributed by atoms with van der Waals surface area (Å²) in [5, 5.41) is 4.67. The highest BCUT2D eigenvalue weighted by Gasteiger charge is 2.18. The minimum absolute atomic E-state index is 0.136. The highest BCUT2D eigenvalue weighted by Crippen LogP contribution is 2.20. The van der Waals surface area contributed by atoms with Crippen molar-refractivity contribution < 1.29 is 13.9 Å². The molecule has 1 aliphatic rings. The fourth-order valence-corrected chi connectivity index (χ4v) is 4.02. The molecule has 0 bridgehead atoms. The van der Waals surface area contributed by atoms with Gasteiger partial charge in [0.05, 0.1) is 19.8 Å². The van der Waals surface area contributed by atoms with E-state index in [1.54, 1.807) is 19.2 Å². The number of ether oxygens (including phenoxy) is 2. The summed E-state index contributed by atoms with van der Waals surface area (Å²) in [7, 11) is 1.61. The zero-order valence-corrected chi connectivity index (χ0v) is 18.7. The maximum atomic E-state index is 13.4. The fourth-order valence-electron chi connectivity index (χ4n) is 3.81. The number of halogens is 1. The van der Waals surface area contributed by atoms with Crippen molar-refractivity contribution in [2.24, 2.45) is 0 Å². The Bertz CT molecular complexity index is 1140. The maximum Gasteiger partial charge on any atom is 0.253 e. The molecule has 8 heteroatoms. The van der Waals surface area contributed by atoms with Gasteiger partial charge in [-0.2, -0.15) is 0 Å². The summed E-state index contributed by atoms with van der Waals surface area (Å²) in [5.41, 5.74) is 2.04. The van der Waals surface area contributed by atoms with Crippen molar-refractivity contribution in [3.8, 4) is 5.75 Å². The molecule has 0 spiro atoms. The van der Waals surface area contributed by atoms with Gasteiger partial charge in [0.2, 0.25) is 0 Å². The fraction of sp³-hybridized carbons (Fsp3) is 0.333. The summed E-state index contributed by atoms with van der Waals surface area (Å²) in [4.78, 5) is 17.6. The van der Waals surface area contributed by atoms with E-state index in [2.05, 4.69) is 10.3 Å². The van der Waals surface area contributed by atoms with Crippen LogP contribution >= 0.6 is 12.2 Å². The van der Waals surface area contributed by atoms with Crippen LogP contribution in [-0.4, -0.2) is 41.4 Å². The Morgan fingerprint density at radius 3 is 2.78 bits per heavy atom. The Morgan fingerprint density at radius 1 is 1.25 bits per heavy atom. The quantitative estimate of drug-likeness (QED) is 0.530. The molecule has 1 aromatic heterocycles. The van der Waals surface area contributed by atoms with E-state index >= 15 is 0 Å². The lowest BCUT2D eigenvalue weighted by Crippen LogP contribution is -2.42. The number of aromatic nitrogens is 1. The average Bonchev–Trinajstić information content (AvgIpc) is 3.32. The van der Waals surface area contributed by atoms with E-state index in [-0.39, 0.29) is 17.5 Å². The van der Waals surface area contributed by atoms with Gasteiger partial charge in [0.15, 0.2) is 5.11 Å². The molecule has 2 heterocycles. The van der Waals surface area contributed by atoms with E-state index in [1.165, 1.54) is 12.1 Å². The molecule has 1 saturated heterocycles. The molecule has 168 valence electrons. The van der Waals surface area contributed by atoms with Crippen molar-refractivity contribution in [2.45, 2.75) is 32.0 Å². The highest BCUT2D eigenvalue weighted by molar-refractivity contribution is 7.80. The van der Waals surface area contributed by atoms with Gasteiger partial charge in [0.25, 0.3) is 5.56 Å². The number of nitrogens with one attached hydrogen (secondary N) is 2. The molecule has 0 aliphatic carbocycles. The molecule has 32 heavy (non-hydrogen) atoms. The van der Waals surface area contributed by atoms with Crippen LogP contribution in [0.5, 0.6) is 5.75 Å². The van der Waals surface area contributed by atoms with Crippen molar-refractivity contribution in [2.75, 3.05) is 20.3 Å². The van der Waals surface area contributed by atoms with Gasteiger partial charge < -0.3 is 24.7 Å². The standard InChI is InChI=1S/C24H26FN3O3S/c1-30-20-8-9-22-17(12-20)11-18(23(29)27-22)15-28(14-16-4-6-19(25)7-5-16)24(32)26-13-21-3-2-10-31-21/h4-9,11-12,21H,2-3,10,13-15H2,1H3,(H,26,32)(H,27,29). The summed E-state index contributed by atoms with van der Waals surface area (Å²) >= 11 is 5.67. The Balaban J connectivity index is 1.58. The molecular weight excluding hydrogens is 429 g/mol. The van der Waals surface area contributed by atoms with Crippen LogP contribution in [0.4, 0.5) is 4.39 Å². The normalized spacial score (nSPS) is 15.6. The lowest BCUT2D eigenvalue weighted by Gasteiger charge is -2.27. The van der Waals surface area contributed by atoms with E-state index in [1.807, 2.05) is 29.2 Å². The number of aromatic amines is 1. The SMILES string of the molecule is COc1ccc2[nH]c(=O)c(CN(Cc3ccc(F)cc3)C(=S)NCC3CCCO3)cc2c1. The molecule has 4 rings (SSSR count). The number of benzene rings is 2. The highest BCUT2D eigenvalue weighted by atomic mass is 32.1. The molecular formula is C24H26FN3O3S. The first kappa shape index (κ1) is 22.2. The van der Waals surface area contributed by atoms with Gasteiger partial charge in [0, 0.05) is 36.2 Å². The zero-order chi connectivity index (χ0) is 22.5. The lowest BCUT2D eigenvalue weighted by molar-refractivity contribution is 0.113. The number of hydrogen-bond donors (Lipinski definition) is 2. The van der Waals surface area contributed by atoms with Crippen LogP contribution in [0.25, 0.3) is 10.9 Å². The van der Waals surface area contributed by atoms with Crippen molar-refractivity contribution in [3.05, 3.63) is 75.8 Å². The molecule has 0 radical (unpaired) electrons. The number of nitrogens with zero attached hydrogens (tertiary/aromatic N) is 1.